The Balaban J connectivity index is 1.49. The minimum Gasteiger partial charge on any atom is -0.497 e. The molecule has 0 radical (unpaired) electrons. The number of carbonyl (C=O) groups excluding carboxylic acids is 3. The van der Waals surface area contributed by atoms with Gasteiger partial charge in [-0.1, -0.05) is 30.0 Å². The third-order valence-electron chi connectivity index (χ3n) is 5.25. The first kappa shape index (κ1) is 23.5. The van der Waals surface area contributed by atoms with E-state index in [9.17, 15) is 19.2 Å². The Hall–Kier alpha value is -3.64. The third-order valence-corrected chi connectivity index (χ3v) is 7.12. The molecule has 34 heavy (non-hydrogen) atoms. The molecule has 1 fully saturated rings. The molecule has 4 rings (SSSR count). The number of hydrazine groups is 1. The number of carbonyl (C=O) groups is 3. The molecule has 0 aliphatic carbocycles. The van der Waals surface area contributed by atoms with Crippen LogP contribution in [-0.4, -0.2) is 45.3 Å². The van der Waals surface area contributed by atoms with Crippen molar-refractivity contribution in [1.82, 2.24) is 25.3 Å². The summed E-state index contributed by atoms with van der Waals surface area (Å²) in [4.78, 5) is 55.4. The fourth-order valence-electron chi connectivity index (χ4n) is 3.48. The van der Waals surface area contributed by atoms with Crippen LogP contribution in [0.3, 0.4) is 0 Å². The van der Waals surface area contributed by atoms with Crippen LogP contribution in [0.15, 0.2) is 58.3 Å². The molecule has 10 nitrogen and oxygen atoms in total. The van der Waals surface area contributed by atoms with Crippen LogP contribution in [-0.2, 0) is 21.7 Å². The normalized spacial score (nSPS) is 17.6. The molecule has 1 aliphatic rings. The summed E-state index contributed by atoms with van der Waals surface area (Å²) in [5, 5.41) is 5.39. The van der Waals surface area contributed by atoms with Crippen molar-refractivity contribution in [2.24, 2.45) is 0 Å². The maximum absolute atomic E-state index is 13.1. The smallest absolute Gasteiger partial charge is 0.344 e. The first-order valence-electron chi connectivity index (χ1n) is 10.1. The van der Waals surface area contributed by atoms with Gasteiger partial charge in [0.05, 0.1) is 18.4 Å². The maximum Gasteiger partial charge on any atom is 0.344 e. The summed E-state index contributed by atoms with van der Waals surface area (Å²) < 4.78 is 7.15. The van der Waals surface area contributed by atoms with Crippen molar-refractivity contribution in [2.75, 3.05) is 12.9 Å². The Morgan fingerprint density at radius 2 is 2.15 bits per heavy atom. The highest BCUT2D eigenvalue weighted by atomic mass is 32.2. The number of benzene rings is 1. The van der Waals surface area contributed by atoms with Crippen LogP contribution in [0.1, 0.15) is 12.5 Å². The van der Waals surface area contributed by atoms with E-state index in [0.717, 1.165) is 11.8 Å². The molecular formula is C22H21N5O5S2. The second kappa shape index (κ2) is 9.31. The van der Waals surface area contributed by atoms with Crippen LogP contribution in [0.25, 0.3) is 10.2 Å². The number of nitrogens with one attached hydrogen (secondary N) is 2. The summed E-state index contributed by atoms with van der Waals surface area (Å²) in [5.74, 6) is -0.884. The molecule has 12 heteroatoms. The summed E-state index contributed by atoms with van der Waals surface area (Å²) >= 11 is 2.32. The average Bonchev–Trinajstić information content (AvgIpc) is 3.39. The third kappa shape index (κ3) is 4.17. The number of ether oxygens (including phenoxy) is 1. The number of hydrogen-bond donors (Lipinski definition) is 2. The molecule has 1 unspecified atom stereocenters. The minimum absolute atomic E-state index is 0.174. The van der Waals surface area contributed by atoms with Gasteiger partial charge in [-0.2, -0.15) is 5.01 Å². The lowest BCUT2D eigenvalue weighted by molar-refractivity contribution is -0.138. The topological polar surface area (TPSA) is 123 Å². The number of urea groups is 1. The summed E-state index contributed by atoms with van der Waals surface area (Å²) in [6.07, 6.45) is 1.57. The van der Waals surface area contributed by atoms with Crippen molar-refractivity contribution in [3.05, 3.63) is 64.3 Å². The van der Waals surface area contributed by atoms with Gasteiger partial charge < -0.3 is 10.1 Å². The van der Waals surface area contributed by atoms with E-state index in [1.165, 1.54) is 23.0 Å². The highest BCUT2D eigenvalue weighted by molar-refractivity contribution is 7.99. The number of thioether (sulfide) groups is 1. The Morgan fingerprint density at radius 3 is 2.88 bits per heavy atom. The second-order valence-corrected chi connectivity index (χ2v) is 9.34. The van der Waals surface area contributed by atoms with E-state index in [1.807, 2.05) is 0 Å². The van der Waals surface area contributed by atoms with Crippen LogP contribution in [0.4, 0.5) is 4.79 Å². The number of methoxy groups -OCH3 is 1. The van der Waals surface area contributed by atoms with Crippen molar-refractivity contribution in [3.8, 4) is 5.75 Å². The van der Waals surface area contributed by atoms with Crippen molar-refractivity contribution < 1.29 is 19.1 Å². The Kier molecular flexibility index (Phi) is 6.44. The summed E-state index contributed by atoms with van der Waals surface area (Å²) in [7, 11) is 1.50. The maximum atomic E-state index is 13.1. The number of imide groups is 1. The number of rotatable bonds is 8. The number of hydrogen-bond acceptors (Lipinski definition) is 8. The molecule has 4 amide bonds. The van der Waals surface area contributed by atoms with Gasteiger partial charge in [0, 0.05) is 6.54 Å². The van der Waals surface area contributed by atoms with Gasteiger partial charge in [-0.05, 0) is 36.1 Å². The molecule has 1 saturated heterocycles. The summed E-state index contributed by atoms with van der Waals surface area (Å²) in [5.41, 5.74) is 1.81. The SMILES string of the molecule is C=CCn1c(SCC(=O)NN2C(=O)NC(C)(c3cccc(OC)c3)C2=O)nc2ccsc2c1=O. The molecule has 0 spiro atoms. The van der Waals surface area contributed by atoms with Crippen molar-refractivity contribution in [1.29, 1.82) is 0 Å². The molecule has 3 heterocycles. The number of thiophene rings is 1. The monoisotopic (exact) mass is 499 g/mol. The molecule has 1 aromatic carbocycles. The number of amides is 4. The zero-order valence-electron chi connectivity index (χ0n) is 18.4. The Labute approximate surface area is 202 Å². The zero-order valence-corrected chi connectivity index (χ0v) is 20.0. The highest BCUT2D eigenvalue weighted by Crippen LogP contribution is 2.30. The molecule has 176 valence electrons. The summed E-state index contributed by atoms with van der Waals surface area (Å²) in [6.45, 7) is 5.45. The van der Waals surface area contributed by atoms with Crippen LogP contribution in [0.5, 0.6) is 5.75 Å². The first-order valence-corrected chi connectivity index (χ1v) is 12.0. The van der Waals surface area contributed by atoms with Gasteiger partial charge in [-0.15, -0.1) is 17.9 Å². The van der Waals surface area contributed by atoms with Gasteiger partial charge in [0.15, 0.2) is 5.16 Å². The van der Waals surface area contributed by atoms with Crippen molar-refractivity contribution >= 4 is 51.2 Å². The molecule has 0 saturated carbocycles. The van der Waals surface area contributed by atoms with Crippen LogP contribution >= 0.6 is 23.1 Å². The molecule has 0 bridgehead atoms. The predicted octanol–water partition coefficient (Wildman–Crippen LogP) is 2.24. The highest BCUT2D eigenvalue weighted by Gasteiger charge is 2.50. The van der Waals surface area contributed by atoms with Crippen molar-refractivity contribution in [2.45, 2.75) is 24.2 Å². The lowest BCUT2D eigenvalue weighted by Gasteiger charge is -2.22. The van der Waals surface area contributed by atoms with Gasteiger partial charge in [0.25, 0.3) is 11.5 Å². The average molecular weight is 500 g/mol. The van der Waals surface area contributed by atoms with Crippen molar-refractivity contribution in [3.63, 3.8) is 0 Å². The largest absolute Gasteiger partial charge is 0.497 e. The lowest BCUT2D eigenvalue weighted by Crippen LogP contribution is -2.48. The molecule has 2 aromatic heterocycles. The Morgan fingerprint density at radius 1 is 1.35 bits per heavy atom. The zero-order chi connectivity index (χ0) is 24.5. The molecular weight excluding hydrogens is 478 g/mol. The standard InChI is InChI=1S/C22H21N5O5S2/c1-4-9-26-18(29)17-15(8-10-33-17)23-21(26)34-12-16(28)25-27-19(30)22(2,24-20(27)31)13-6-5-7-14(11-13)32-3/h4-8,10-11H,1,9,12H2,2-3H3,(H,24,31)(H,25,28). The minimum atomic E-state index is -1.37. The molecule has 1 aliphatic heterocycles. The van der Waals surface area contributed by atoms with Gasteiger partial charge in [-0.3, -0.25) is 24.4 Å². The van der Waals surface area contributed by atoms with E-state index in [0.29, 0.717) is 31.7 Å². The van der Waals surface area contributed by atoms with E-state index in [2.05, 4.69) is 22.3 Å². The fourth-order valence-corrected chi connectivity index (χ4v) is 5.06. The fraction of sp³-hybridized carbons (Fsp3) is 0.227. The quantitative estimate of drug-likeness (QED) is 0.211. The molecule has 2 N–H and O–H groups in total. The molecule has 3 aromatic rings. The number of nitrogens with zero attached hydrogens (tertiary/aromatic N) is 3. The Bertz CT molecular complexity index is 1370. The van der Waals surface area contributed by atoms with Crippen LogP contribution < -0.4 is 21.0 Å². The first-order chi connectivity index (χ1) is 16.3. The summed E-state index contributed by atoms with van der Waals surface area (Å²) in [6, 6.07) is 7.73. The number of fused-ring (bicyclic) bond motifs is 1. The number of allylic oxidation sites excluding steroid dienone is 1. The van der Waals surface area contributed by atoms with Crippen LogP contribution in [0, 0.1) is 0 Å². The van der Waals surface area contributed by atoms with E-state index in [1.54, 1.807) is 48.7 Å². The van der Waals surface area contributed by atoms with E-state index in [4.69, 9.17) is 4.74 Å². The predicted molar refractivity (Wildman–Crippen MR) is 129 cm³/mol. The van der Waals surface area contributed by atoms with Gasteiger partial charge in [0.2, 0.25) is 5.91 Å². The lowest BCUT2D eigenvalue weighted by atomic mass is 9.92. The van der Waals surface area contributed by atoms with Gasteiger partial charge >= 0.3 is 6.03 Å². The van der Waals surface area contributed by atoms with Crippen LogP contribution in [0.2, 0.25) is 0 Å². The number of aromatic nitrogens is 2. The van der Waals surface area contributed by atoms with E-state index >= 15 is 0 Å². The van der Waals surface area contributed by atoms with E-state index in [-0.39, 0.29) is 17.9 Å². The second-order valence-electron chi connectivity index (χ2n) is 7.49. The van der Waals surface area contributed by atoms with Gasteiger partial charge in [-0.25, -0.2) is 9.78 Å². The van der Waals surface area contributed by atoms with Gasteiger partial charge in [0.1, 0.15) is 16.0 Å². The molecule has 1 atom stereocenters. The van der Waals surface area contributed by atoms with E-state index < -0.39 is 23.4 Å².